The normalized spacial score (nSPS) is 20.8. The Balaban J connectivity index is 1.22. The Hall–Kier alpha value is -2.68. The molecule has 1 aliphatic carbocycles. The first-order valence-electron chi connectivity index (χ1n) is 10.8. The number of amides is 2. The van der Waals surface area contributed by atoms with E-state index in [1.807, 2.05) is 9.80 Å². The molecule has 1 saturated carbocycles. The highest BCUT2D eigenvalue weighted by Crippen LogP contribution is 2.28. The highest BCUT2D eigenvalue weighted by Gasteiger charge is 2.31. The second-order valence-corrected chi connectivity index (χ2v) is 8.45. The van der Waals surface area contributed by atoms with E-state index < -0.39 is 0 Å². The Labute approximate surface area is 176 Å². The lowest BCUT2D eigenvalue weighted by molar-refractivity contribution is -0.384. The highest BCUT2D eigenvalue weighted by molar-refractivity contribution is 5.80. The number of carbonyl (C=O) groups excluding carboxylic acids is 2. The Kier molecular flexibility index (Phi) is 6.17. The van der Waals surface area contributed by atoms with Gasteiger partial charge in [0.15, 0.2) is 0 Å². The second-order valence-electron chi connectivity index (χ2n) is 8.45. The number of para-hydroxylation sites is 2. The van der Waals surface area contributed by atoms with E-state index in [9.17, 15) is 19.7 Å². The van der Waals surface area contributed by atoms with Crippen molar-refractivity contribution >= 4 is 23.2 Å². The van der Waals surface area contributed by atoms with Gasteiger partial charge in [0.25, 0.3) is 5.69 Å². The predicted molar refractivity (Wildman–Crippen MR) is 112 cm³/mol. The van der Waals surface area contributed by atoms with Crippen LogP contribution in [0.3, 0.4) is 0 Å². The summed E-state index contributed by atoms with van der Waals surface area (Å²) in [6.45, 7) is 4.20. The van der Waals surface area contributed by atoms with Crippen molar-refractivity contribution in [1.29, 1.82) is 0 Å². The number of piperidine rings is 1. The van der Waals surface area contributed by atoms with Gasteiger partial charge in [-0.2, -0.15) is 0 Å². The van der Waals surface area contributed by atoms with Crippen molar-refractivity contribution in [1.82, 2.24) is 15.1 Å². The van der Waals surface area contributed by atoms with Crippen LogP contribution in [0.4, 0.5) is 11.4 Å². The molecule has 9 nitrogen and oxygen atoms in total. The molecule has 0 bridgehead atoms. The molecule has 1 aromatic rings. The average molecular weight is 415 g/mol. The number of nitro benzene ring substituents is 1. The van der Waals surface area contributed by atoms with E-state index in [0.717, 1.165) is 38.8 Å². The van der Waals surface area contributed by atoms with Crippen molar-refractivity contribution in [3.8, 4) is 0 Å². The van der Waals surface area contributed by atoms with Crippen LogP contribution in [0.1, 0.15) is 25.7 Å². The molecule has 162 valence electrons. The van der Waals surface area contributed by atoms with E-state index >= 15 is 0 Å². The van der Waals surface area contributed by atoms with Crippen molar-refractivity contribution in [2.24, 2.45) is 5.92 Å². The van der Waals surface area contributed by atoms with E-state index in [0.29, 0.717) is 44.5 Å². The zero-order valence-corrected chi connectivity index (χ0v) is 17.2. The molecule has 2 heterocycles. The summed E-state index contributed by atoms with van der Waals surface area (Å²) in [7, 11) is 0. The quantitative estimate of drug-likeness (QED) is 0.554. The lowest BCUT2D eigenvalue weighted by atomic mass is 9.96. The van der Waals surface area contributed by atoms with Crippen LogP contribution >= 0.6 is 0 Å². The Morgan fingerprint density at radius 1 is 1.00 bits per heavy atom. The molecule has 2 saturated heterocycles. The fourth-order valence-corrected chi connectivity index (χ4v) is 4.27. The van der Waals surface area contributed by atoms with Gasteiger partial charge in [0.1, 0.15) is 5.69 Å². The Morgan fingerprint density at radius 3 is 2.30 bits per heavy atom. The van der Waals surface area contributed by atoms with Crippen molar-refractivity contribution in [2.75, 3.05) is 50.7 Å². The van der Waals surface area contributed by atoms with Gasteiger partial charge in [-0.3, -0.25) is 24.6 Å². The van der Waals surface area contributed by atoms with E-state index in [1.54, 1.807) is 18.2 Å². The maximum atomic E-state index is 12.7. The molecule has 2 amide bonds. The molecule has 4 rings (SSSR count). The molecular weight excluding hydrogens is 386 g/mol. The van der Waals surface area contributed by atoms with Gasteiger partial charge in [0.2, 0.25) is 11.8 Å². The van der Waals surface area contributed by atoms with E-state index in [4.69, 9.17) is 0 Å². The summed E-state index contributed by atoms with van der Waals surface area (Å²) in [6, 6.07) is 7.14. The zero-order valence-electron chi connectivity index (χ0n) is 17.2. The number of hydrogen-bond donors (Lipinski definition) is 1. The summed E-state index contributed by atoms with van der Waals surface area (Å²) < 4.78 is 0. The van der Waals surface area contributed by atoms with Gasteiger partial charge in [0.05, 0.1) is 11.5 Å². The van der Waals surface area contributed by atoms with Crippen molar-refractivity contribution in [3.63, 3.8) is 0 Å². The SMILES string of the molecule is O=C(NC1CC1)C1CCN(CC(=O)N2CCN(c3ccccc3[N+](=O)[O-])CC2)CC1. The lowest BCUT2D eigenvalue weighted by Gasteiger charge is -2.37. The fraction of sp³-hybridized carbons (Fsp3) is 0.619. The number of rotatable bonds is 6. The smallest absolute Gasteiger partial charge is 0.292 e. The Bertz CT molecular complexity index is 796. The third kappa shape index (κ3) is 4.89. The summed E-state index contributed by atoms with van der Waals surface area (Å²) in [6.07, 6.45) is 3.81. The minimum absolute atomic E-state index is 0.0714. The van der Waals surface area contributed by atoms with Crippen LogP contribution in [0.2, 0.25) is 0 Å². The van der Waals surface area contributed by atoms with E-state index in [2.05, 4.69) is 10.2 Å². The number of likely N-dealkylation sites (tertiary alicyclic amines) is 1. The van der Waals surface area contributed by atoms with Crippen LogP contribution in [0.15, 0.2) is 24.3 Å². The number of nitrogens with one attached hydrogen (secondary N) is 1. The Morgan fingerprint density at radius 2 is 1.67 bits per heavy atom. The van der Waals surface area contributed by atoms with Crippen molar-refractivity contribution < 1.29 is 14.5 Å². The number of benzene rings is 1. The molecule has 2 aliphatic heterocycles. The van der Waals surface area contributed by atoms with Crippen LogP contribution in [-0.4, -0.2) is 78.4 Å². The summed E-state index contributed by atoms with van der Waals surface area (Å²) in [5, 5.41) is 14.3. The van der Waals surface area contributed by atoms with E-state index in [1.165, 1.54) is 6.07 Å². The third-order valence-corrected chi connectivity index (χ3v) is 6.29. The van der Waals surface area contributed by atoms with Crippen LogP contribution in [0.5, 0.6) is 0 Å². The van der Waals surface area contributed by atoms with Gasteiger partial charge in [-0.1, -0.05) is 12.1 Å². The first-order valence-corrected chi connectivity index (χ1v) is 10.8. The van der Waals surface area contributed by atoms with Gasteiger partial charge in [-0.05, 0) is 44.8 Å². The average Bonchev–Trinajstić information content (AvgIpc) is 3.58. The van der Waals surface area contributed by atoms with Crippen LogP contribution in [-0.2, 0) is 9.59 Å². The molecule has 9 heteroatoms. The molecule has 3 fully saturated rings. The number of hydrogen-bond acceptors (Lipinski definition) is 6. The fourth-order valence-electron chi connectivity index (χ4n) is 4.27. The third-order valence-electron chi connectivity index (χ3n) is 6.29. The molecule has 0 radical (unpaired) electrons. The number of nitro groups is 1. The first-order chi connectivity index (χ1) is 14.5. The molecule has 1 N–H and O–H groups in total. The largest absolute Gasteiger partial charge is 0.362 e. The highest BCUT2D eigenvalue weighted by atomic mass is 16.6. The van der Waals surface area contributed by atoms with Gasteiger partial charge in [-0.25, -0.2) is 0 Å². The minimum atomic E-state index is -0.360. The van der Waals surface area contributed by atoms with Gasteiger partial charge >= 0.3 is 0 Å². The molecule has 0 atom stereocenters. The number of piperazine rings is 1. The summed E-state index contributed by atoms with van der Waals surface area (Å²) >= 11 is 0. The van der Waals surface area contributed by atoms with Crippen LogP contribution in [0.25, 0.3) is 0 Å². The second kappa shape index (κ2) is 8.99. The zero-order chi connectivity index (χ0) is 21.1. The summed E-state index contributed by atoms with van der Waals surface area (Å²) in [5.41, 5.74) is 0.715. The lowest BCUT2D eigenvalue weighted by Crippen LogP contribution is -2.52. The number of carbonyl (C=O) groups is 2. The monoisotopic (exact) mass is 415 g/mol. The number of anilines is 1. The predicted octanol–water partition coefficient (Wildman–Crippen LogP) is 1.23. The standard InChI is InChI=1S/C21H29N5O4/c27-20(15-23-9-7-16(8-10-23)21(28)22-17-5-6-17)25-13-11-24(12-14-25)18-3-1-2-4-19(18)26(29)30/h1-4,16-17H,5-15H2,(H,22,28). The molecule has 30 heavy (non-hydrogen) atoms. The molecular formula is C21H29N5O4. The molecule has 1 aromatic carbocycles. The van der Waals surface area contributed by atoms with Crippen molar-refractivity contribution in [2.45, 2.75) is 31.7 Å². The maximum Gasteiger partial charge on any atom is 0.292 e. The molecule has 0 unspecified atom stereocenters. The summed E-state index contributed by atoms with van der Waals surface area (Å²) in [4.78, 5) is 41.8. The number of nitrogens with zero attached hydrogens (tertiary/aromatic N) is 4. The first kappa shape index (κ1) is 20.6. The molecule has 0 spiro atoms. The van der Waals surface area contributed by atoms with Crippen molar-refractivity contribution in [3.05, 3.63) is 34.4 Å². The maximum absolute atomic E-state index is 12.7. The molecule has 0 aromatic heterocycles. The van der Waals surface area contributed by atoms with Gasteiger partial charge < -0.3 is 15.1 Å². The van der Waals surface area contributed by atoms with E-state index in [-0.39, 0.29) is 28.3 Å². The molecule has 3 aliphatic rings. The topological polar surface area (TPSA) is 99.0 Å². The van der Waals surface area contributed by atoms with Gasteiger partial charge in [0, 0.05) is 44.2 Å². The van der Waals surface area contributed by atoms with Gasteiger partial charge in [-0.15, -0.1) is 0 Å². The minimum Gasteiger partial charge on any atom is -0.362 e. The van der Waals surface area contributed by atoms with Crippen LogP contribution < -0.4 is 10.2 Å². The van der Waals surface area contributed by atoms with Crippen LogP contribution in [0, 0.1) is 16.0 Å². The summed E-state index contributed by atoms with van der Waals surface area (Å²) in [5.74, 6) is 0.342.